The van der Waals surface area contributed by atoms with Crippen LogP contribution < -0.4 is 5.32 Å². The second-order valence-electron chi connectivity index (χ2n) is 3.12. The van der Waals surface area contributed by atoms with E-state index in [9.17, 15) is 0 Å². The molecule has 0 radical (unpaired) electrons. The van der Waals surface area contributed by atoms with Gasteiger partial charge in [-0.25, -0.2) is 0 Å². The lowest BCUT2D eigenvalue weighted by atomic mass is 10.3. The predicted molar refractivity (Wildman–Crippen MR) is 61.9 cm³/mol. The first kappa shape index (κ1) is 11.3. The molecule has 5 nitrogen and oxygen atoms in total. The first-order valence-electron chi connectivity index (χ1n) is 4.59. The van der Waals surface area contributed by atoms with Crippen LogP contribution in [0.5, 0.6) is 0 Å². The summed E-state index contributed by atoms with van der Waals surface area (Å²) >= 11 is 11.7. The zero-order valence-corrected chi connectivity index (χ0v) is 10.00. The highest BCUT2D eigenvalue weighted by Gasteiger charge is 2.05. The number of nitrogens with zero attached hydrogens (tertiary/aromatic N) is 4. The van der Waals surface area contributed by atoms with E-state index in [0.29, 0.717) is 22.4 Å². The molecule has 0 aliphatic carbocycles. The Morgan fingerprint density at radius 2 is 2.12 bits per heavy atom. The van der Waals surface area contributed by atoms with Crippen LogP contribution >= 0.6 is 23.2 Å². The number of aromatic nitrogens is 4. The molecule has 0 bridgehead atoms. The molecule has 0 atom stereocenters. The third kappa shape index (κ3) is 2.32. The Kier molecular flexibility index (Phi) is 3.38. The third-order valence-electron chi connectivity index (χ3n) is 1.92. The van der Waals surface area contributed by atoms with E-state index in [1.807, 2.05) is 7.05 Å². The lowest BCUT2D eigenvalue weighted by molar-refractivity contribution is 0.711. The van der Waals surface area contributed by atoms with Crippen molar-refractivity contribution in [3.8, 4) is 5.69 Å². The highest BCUT2D eigenvalue weighted by molar-refractivity contribution is 6.42. The van der Waals surface area contributed by atoms with Gasteiger partial charge in [0, 0.05) is 0 Å². The van der Waals surface area contributed by atoms with Crippen LogP contribution in [-0.2, 0) is 6.54 Å². The van der Waals surface area contributed by atoms with Gasteiger partial charge in [0.05, 0.1) is 22.3 Å². The van der Waals surface area contributed by atoms with Crippen molar-refractivity contribution in [1.29, 1.82) is 0 Å². The van der Waals surface area contributed by atoms with Gasteiger partial charge in [-0.1, -0.05) is 23.2 Å². The molecule has 0 aliphatic heterocycles. The minimum Gasteiger partial charge on any atom is -0.313 e. The Labute approximate surface area is 102 Å². The van der Waals surface area contributed by atoms with Gasteiger partial charge >= 0.3 is 0 Å². The zero-order valence-electron chi connectivity index (χ0n) is 8.48. The summed E-state index contributed by atoms with van der Waals surface area (Å²) in [5.41, 5.74) is 0.726. The Morgan fingerprint density at radius 3 is 2.81 bits per heavy atom. The summed E-state index contributed by atoms with van der Waals surface area (Å²) in [7, 11) is 1.82. The Balaban J connectivity index is 2.31. The minimum absolute atomic E-state index is 0.464. The van der Waals surface area contributed by atoms with E-state index in [1.165, 1.54) is 4.80 Å². The molecule has 0 saturated carbocycles. The summed E-state index contributed by atoms with van der Waals surface area (Å²) in [6.45, 7) is 0.571. The van der Waals surface area contributed by atoms with Crippen LogP contribution in [0.2, 0.25) is 10.0 Å². The number of halogens is 2. The van der Waals surface area contributed by atoms with Crippen LogP contribution in [0.3, 0.4) is 0 Å². The van der Waals surface area contributed by atoms with Gasteiger partial charge in [0.25, 0.3) is 0 Å². The molecule has 0 aliphatic rings. The molecule has 7 heteroatoms. The quantitative estimate of drug-likeness (QED) is 0.910. The van der Waals surface area contributed by atoms with E-state index in [-0.39, 0.29) is 0 Å². The summed E-state index contributed by atoms with van der Waals surface area (Å²) < 4.78 is 0. The summed E-state index contributed by atoms with van der Waals surface area (Å²) in [6.07, 6.45) is 0. The van der Waals surface area contributed by atoms with Crippen molar-refractivity contribution in [1.82, 2.24) is 25.5 Å². The highest BCUT2D eigenvalue weighted by Crippen LogP contribution is 2.23. The molecule has 16 heavy (non-hydrogen) atoms. The van der Waals surface area contributed by atoms with Gasteiger partial charge in [-0.15, -0.1) is 15.0 Å². The maximum atomic E-state index is 5.90. The SMILES string of the molecule is CNCc1nnn(-c2ccc(Cl)c(Cl)c2)n1. The van der Waals surface area contributed by atoms with Crippen LogP contribution in [0.15, 0.2) is 18.2 Å². The van der Waals surface area contributed by atoms with E-state index in [4.69, 9.17) is 23.2 Å². The molecule has 84 valence electrons. The summed E-state index contributed by atoms with van der Waals surface area (Å²) in [5.74, 6) is 0.619. The number of hydrogen-bond donors (Lipinski definition) is 1. The summed E-state index contributed by atoms with van der Waals surface area (Å²) in [5, 5.41) is 15.9. The molecule has 2 aromatic rings. The average molecular weight is 258 g/mol. The molecule has 0 fully saturated rings. The van der Waals surface area contributed by atoms with Crippen LogP contribution in [0.4, 0.5) is 0 Å². The van der Waals surface area contributed by atoms with Gasteiger partial charge in [-0.2, -0.15) is 0 Å². The van der Waals surface area contributed by atoms with Gasteiger partial charge < -0.3 is 5.32 Å². The van der Waals surface area contributed by atoms with Crippen molar-refractivity contribution in [2.75, 3.05) is 7.05 Å². The molecule has 0 unspecified atom stereocenters. The standard InChI is InChI=1S/C9H9Cl2N5/c1-12-5-9-13-15-16(14-9)6-2-3-7(10)8(11)4-6/h2-4,12H,5H2,1H3. The number of tetrazole rings is 1. The molecule has 1 aromatic carbocycles. The molecule has 0 saturated heterocycles. The Morgan fingerprint density at radius 1 is 1.31 bits per heavy atom. The second kappa shape index (κ2) is 4.78. The number of benzene rings is 1. The fraction of sp³-hybridized carbons (Fsp3) is 0.222. The summed E-state index contributed by atoms with van der Waals surface area (Å²) in [4.78, 5) is 1.41. The van der Waals surface area contributed by atoms with Gasteiger partial charge in [0.15, 0.2) is 5.82 Å². The lowest BCUT2D eigenvalue weighted by Gasteiger charge is -2.00. The lowest BCUT2D eigenvalue weighted by Crippen LogP contribution is -2.07. The predicted octanol–water partition coefficient (Wildman–Crippen LogP) is 1.69. The van der Waals surface area contributed by atoms with E-state index in [2.05, 4.69) is 20.7 Å². The van der Waals surface area contributed by atoms with Crippen molar-refractivity contribution < 1.29 is 0 Å². The van der Waals surface area contributed by atoms with Crippen LogP contribution in [-0.4, -0.2) is 27.3 Å². The smallest absolute Gasteiger partial charge is 0.188 e. The van der Waals surface area contributed by atoms with Crippen LogP contribution in [0.1, 0.15) is 5.82 Å². The normalized spacial score (nSPS) is 10.7. The monoisotopic (exact) mass is 257 g/mol. The van der Waals surface area contributed by atoms with Crippen molar-refractivity contribution >= 4 is 23.2 Å². The topological polar surface area (TPSA) is 55.6 Å². The maximum Gasteiger partial charge on any atom is 0.188 e. The van der Waals surface area contributed by atoms with Crippen molar-refractivity contribution in [2.24, 2.45) is 0 Å². The van der Waals surface area contributed by atoms with Crippen LogP contribution in [0, 0.1) is 0 Å². The fourth-order valence-electron chi connectivity index (χ4n) is 1.19. The van der Waals surface area contributed by atoms with Crippen LogP contribution in [0.25, 0.3) is 5.69 Å². The molecule has 2 rings (SSSR count). The molecule has 0 spiro atoms. The number of rotatable bonds is 3. The fourth-order valence-corrected chi connectivity index (χ4v) is 1.48. The number of hydrogen-bond acceptors (Lipinski definition) is 4. The largest absolute Gasteiger partial charge is 0.313 e. The Hall–Kier alpha value is -1.17. The summed E-state index contributed by atoms with van der Waals surface area (Å²) in [6, 6.07) is 5.16. The van der Waals surface area contributed by atoms with Gasteiger partial charge in [0.2, 0.25) is 0 Å². The molecule has 0 amide bonds. The molecule has 1 heterocycles. The van der Waals surface area contributed by atoms with Crippen molar-refractivity contribution in [2.45, 2.75) is 6.54 Å². The van der Waals surface area contributed by atoms with Crippen molar-refractivity contribution in [3.63, 3.8) is 0 Å². The van der Waals surface area contributed by atoms with Crippen molar-refractivity contribution in [3.05, 3.63) is 34.1 Å². The zero-order chi connectivity index (χ0) is 11.5. The second-order valence-corrected chi connectivity index (χ2v) is 3.94. The van der Waals surface area contributed by atoms with E-state index in [0.717, 1.165) is 5.69 Å². The van der Waals surface area contributed by atoms with Gasteiger partial charge in [0.1, 0.15) is 0 Å². The molecular weight excluding hydrogens is 249 g/mol. The van der Waals surface area contributed by atoms with E-state index >= 15 is 0 Å². The molecule has 1 N–H and O–H groups in total. The molecule has 1 aromatic heterocycles. The highest BCUT2D eigenvalue weighted by atomic mass is 35.5. The van der Waals surface area contributed by atoms with Gasteiger partial charge in [-0.3, -0.25) is 0 Å². The van der Waals surface area contributed by atoms with E-state index in [1.54, 1.807) is 18.2 Å². The first-order valence-corrected chi connectivity index (χ1v) is 5.35. The maximum absolute atomic E-state index is 5.90. The average Bonchev–Trinajstić information content (AvgIpc) is 2.71. The van der Waals surface area contributed by atoms with E-state index < -0.39 is 0 Å². The first-order chi connectivity index (χ1) is 7.70. The third-order valence-corrected chi connectivity index (χ3v) is 2.66. The number of nitrogens with one attached hydrogen (secondary N) is 1. The minimum atomic E-state index is 0.464. The van der Waals surface area contributed by atoms with Gasteiger partial charge in [-0.05, 0) is 30.5 Å². The Bertz CT molecular complexity index is 496. The molecular formula is C9H9Cl2N5.